The number of benzene rings is 2. The van der Waals surface area contributed by atoms with E-state index in [2.05, 4.69) is 4.72 Å². The number of hydrogen-bond donors (Lipinski definition) is 1. The van der Waals surface area contributed by atoms with Gasteiger partial charge >= 0.3 is 0 Å². The SMILES string of the molecule is CCOc1cc2c(cc1NS(=O)(=O)/C=C/c1ccccc1)OC(C)C2. The third-order valence-electron chi connectivity index (χ3n) is 3.79. The van der Waals surface area contributed by atoms with Crippen LogP contribution in [-0.2, 0) is 16.4 Å². The summed E-state index contributed by atoms with van der Waals surface area (Å²) in [7, 11) is -3.67. The van der Waals surface area contributed by atoms with E-state index in [9.17, 15) is 8.42 Å². The zero-order chi connectivity index (χ0) is 17.9. The second kappa shape index (κ2) is 7.19. The van der Waals surface area contributed by atoms with Crippen LogP contribution in [0.25, 0.3) is 6.08 Å². The van der Waals surface area contributed by atoms with Gasteiger partial charge in [0, 0.05) is 18.1 Å². The van der Waals surface area contributed by atoms with Crippen LogP contribution in [0.3, 0.4) is 0 Å². The number of nitrogens with one attached hydrogen (secondary N) is 1. The molecule has 25 heavy (non-hydrogen) atoms. The average Bonchev–Trinajstić information content (AvgIpc) is 2.93. The molecule has 1 aliphatic heterocycles. The van der Waals surface area contributed by atoms with Gasteiger partial charge in [-0.15, -0.1) is 0 Å². The van der Waals surface area contributed by atoms with Crippen LogP contribution in [-0.4, -0.2) is 21.1 Å². The molecule has 0 saturated carbocycles. The molecule has 0 spiro atoms. The minimum Gasteiger partial charge on any atom is -0.492 e. The van der Waals surface area contributed by atoms with Gasteiger partial charge in [0.1, 0.15) is 17.6 Å². The monoisotopic (exact) mass is 359 g/mol. The maximum Gasteiger partial charge on any atom is 0.255 e. The fraction of sp³-hybridized carbons (Fsp3) is 0.263. The molecule has 1 atom stereocenters. The fourth-order valence-corrected chi connectivity index (χ4v) is 3.58. The van der Waals surface area contributed by atoms with E-state index in [1.807, 2.05) is 50.2 Å². The van der Waals surface area contributed by atoms with Crippen molar-refractivity contribution in [1.82, 2.24) is 0 Å². The molecule has 132 valence electrons. The van der Waals surface area contributed by atoms with Crippen molar-refractivity contribution < 1.29 is 17.9 Å². The third kappa shape index (κ3) is 4.33. The lowest BCUT2D eigenvalue weighted by molar-refractivity contribution is 0.254. The lowest BCUT2D eigenvalue weighted by atomic mass is 10.1. The maximum atomic E-state index is 12.4. The third-order valence-corrected chi connectivity index (χ3v) is 4.79. The first-order valence-corrected chi connectivity index (χ1v) is 9.74. The number of sulfonamides is 1. The van der Waals surface area contributed by atoms with Crippen LogP contribution in [0.5, 0.6) is 11.5 Å². The minimum absolute atomic E-state index is 0.0781. The molecule has 1 unspecified atom stereocenters. The van der Waals surface area contributed by atoms with Crippen molar-refractivity contribution in [2.45, 2.75) is 26.4 Å². The summed E-state index contributed by atoms with van der Waals surface area (Å²) in [5.74, 6) is 1.20. The first-order valence-electron chi connectivity index (χ1n) is 8.19. The number of rotatable bonds is 6. The molecule has 0 bridgehead atoms. The van der Waals surface area contributed by atoms with Gasteiger partial charge in [-0.2, -0.15) is 0 Å². The van der Waals surface area contributed by atoms with Gasteiger partial charge in [0.25, 0.3) is 10.0 Å². The molecular formula is C19H21NO4S. The van der Waals surface area contributed by atoms with Crippen molar-refractivity contribution in [2.75, 3.05) is 11.3 Å². The molecule has 1 heterocycles. The molecule has 0 saturated heterocycles. The Kier molecular flexibility index (Phi) is 4.99. The summed E-state index contributed by atoms with van der Waals surface area (Å²) in [6.07, 6.45) is 2.42. The molecule has 5 nitrogen and oxygen atoms in total. The second-order valence-electron chi connectivity index (χ2n) is 5.88. The van der Waals surface area contributed by atoms with Crippen molar-refractivity contribution in [3.05, 3.63) is 59.0 Å². The van der Waals surface area contributed by atoms with Crippen LogP contribution in [0.1, 0.15) is 25.0 Å². The molecule has 3 rings (SSSR count). The topological polar surface area (TPSA) is 64.6 Å². The summed E-state index contributed by atoms with van der Waals surface area (Å²) in [6.45, 7) is 4.29. The average molecular weight is 359 g/mol. The molecule has 6 heteroatoms. The smallest absolute Gasteiger partial charge is 0.255 e. The normalized spacial score (nSPS) is 16.5. The van der Waals surface area contributed by atoms with Crippen molar-refractivity contribution in [2.24, 2.45) is 0 Å². The van der Waals surface area contributed by atoms with Gasteiger partial charge in [0.15, 0.2) is 0 Å². The molecular weight excluding hydrogens is 338 g/mol. The van der Waals surface area contributed by atoms with E-state index in [0.29, 0.717) is 23.8 Å². The Morgan fingerprint density at radius 3 is 2.76 bits per heavy atom. The summed E-state index contributed by atoms with van der Waals surface area (Å²) < 4.78 is 38.7. The summed E-state index contributed by atoms with van der Waals surface area (Å²) in [4.78, 5) is 0. The van der Waals surface area contributed by atoms with Gasteiger partial charge in [-0.3, -0.25) is 4.72 Å². The molecule has 1 aliphatic rings. The van der Waals surface area contributed by atoms with Gasteiger partial charge in [-0.05, 0) is 31.6 Å². The van der Waals surface area contributed by atoms with Crippen LogP contribution < -0.4 is 14.2 Å². The Balaban J connectivity index is 1.86. The van der Waals surface area contributed by atoms with E-state index in [1.54, 1.807) is 12.1 Å². The molecule has 0 aliphatic carbocycles. The standard InChI is InChI=1S/C19H21NO4S/c1-3-23-19-12-16-11-14(2)24-18(16)13-17(19)20-25(21,22)10-9-15-7-5-4-6-8-15/h4-10,12-14,20H,3,11H2,1-2H3/b10-9+. The van der Waals surface area contributed by atoms with E-state index >= 15 is 0 Å². The molecule has 0 fully saturated rings. The van der Waals surface area contributed by atoms with Crippen LogP contribution in [0.4, 0.5) is 5.69 Å². The Labute approximate surface area is 148 Å². The highest BCUT2D eigenvalue weighted by Gasteiger charge is 2.23. The zero-order valence-electron chi connectivity index (χ0n) is 14.2. The maximum absolute atomic E-state index is 12.4. The van der Waals surface area contributed by atoms with Gasteiger partial charge in [0.05, 0.1) is 17.7 Å². The van der Waals surface area contributed by atoms with Crippen molar-refractivity contribution in [3.8, 4) is 11.5 Å². The van der Waals surface area contributed by atoms with Crippen LogP contribution in [0.2, 0.25) is 0 Å². The highest BCUT2D eigenvalue weighted by molar-refractivity contribution is 7.95. The van der Waals surface area contributed by atoms with E-state index < -0.39 is 10.0 Å². The predicted octanol–water partition coefficient (Wildman–Crippen LogP) is 3.82. The number of fused-ring (bicyclic) bond motifs is 1. The first-order chi connectivity index (χ1) is 12.0. The summed E-state index contributed by atoms with van der Waals surface area (Å²) in [5.41, 5.74) is 2.22. The van der Waals surface area contributed by atoms with E-state index in [4.69, 9.17) is 9.47 Å². The van der Waals surface area contributed by atoms with E-state index in [1.165, 1.54) is 0 Å². The molecule has 0 radical (unpaired) electrons. The first kappa shape index (κ1) is 17.4. The van der Waals surface area contributed by atoms with Gasteiger partial charge in [-0.1, -0.05) is 30.3 Å². The quantitative estimate of drug-likeness (QED) is 0.851. The van der Waals surface area contributed by atoms with Crippen molar-refractivity contribution in [1.29, 1.82) is 0 Å². The van der Waals surface area contributed by atoms with Gasteiger partial charge in [0.2, 0.25) is 0 Å². The second-order valence-corrected chi connectivity index (χ2v) is 7.45. The molecule has 0 amide bonds. The fourth-order valence-electron chi connectivity index (χ4n) is 2.71. The van der Waals surface area contributed by atoms with Gasteiger partial charge < -0.3 is 9.47 Å². The Bertz CT molecular complexity index is 876. The van der Waals surface area contributed by atoms with E-state index in [-0.39, 0.29) is 6.10 Å². The highest BCUT2D eigenvalue weighted by Crippen LogP contribution is 2.38. The molecule has 1 N–H and O–H groups in total. The zero-order valence-corrected chi connectivity index (χ0v) is 15.0. The van der Waals surface area contributed by atoms with Crippen molar-refractivity contribution in [3.63, 3.8) is 0 Å². The molecule has 0 aromatic heterocycles. The Morgan fingerprint density at radius 1 is 1.28 bits per heavy atom. The number of anilines is 1. The number of ether oxygens (including phenoxy) is 2. The highest BCUT2D eigenvalue weighted by atomic mass is 32.2. The number of hydrogen-bond acceptors (Lipinski definition) is 4. The molecule has 2 aromatic rings. The summed E-state index contributed by atoms with van der Waals surface area (Å²) in [5, 5.41) is 1.15. The predicted molar refractivity (Wildman–Crippen MR) is 99.4 cm³/mol. The minimum atomic E-state index is -3.67. The lowest BCUT2D eigenvalue weighted by Gasteiger charge is -2.13. The van der Waals surface area contributed by atoms with Crippen molar-refractivity contribution >= 4 is 21.8 Å². The van der Waals surface area contributed by atoms with E-state index in [0.717, 1.165) is 23.0 Å². The largest absolute Gasteiger partial charge is 0.492 e. The Hall–Kier alpha value is -2.47. The van der Waals surface area contributed by atoms with Gasteiger partial charge in [-0.25, -0.2) is 8.42 Å². The van der Waals surface area contributed by atoms with Crippen LogP contribution >= 0.6 is 0 Å². The summed E-state index contributed by atoms with van der Waals surface area (Å²) in [6, 6.07) is 12.8. The Morgan fingerprint density at radius 2 is 2.04 bits per heavy atom. The van der Waals surface area contributed by atoms with Crippen LogP contribution in [0.15, 0.2) is 47.9 Å². The summed E-state index contributed by atoms with van der Waals surface area (Å²) >= 11 is 0. The molecule has 2 aromatic carbocycles. The lowest BCUT2D eigenvalue weighted by Crippen LogP contribution is -2.10. The van der Waals surface area contributed by atoms with Crippen LogP contribution in [0, 0.1) is 0 Å².